The van der Waals surface area contributed by atoms with Crippen LogP contribution < -0.4 is 0 Å². The predicted octanol–water partition coefficient (Wildman–Crippen LogP) is 6.02. The van der Waals surface area contributed by atoms with Crippen LogP contribution in [-0.4, -0.2) is 20.4 Å². The van der Waals surface area contributed by atoms with E-state index in [0.29, 0.717) is 0 Å². The Hall–Kier alpha value is -1.56. The SMILES string of the molecule is Oc1cc2ccc(Br)cc2cc1O.Oc1cc2ccc(Br)cc2cc1O.[Zr]. The Morgan fingerprint density at radius 2 is 0.741 bits per heavy atom. The molecule has 4 aromatic rings. The van der Waals surface area contributed by atoms with Crippen molar-refractivity contribution in [2.75, 3.05) is 0 Å². The minimum absolute atomic E-state index is 0. The van der Waals surface area contributed by atoms with E-state index in [-0.39, 0.29) is 49.2 Å². The van der Waals surface area contributed by atoms with Crippen LogP contribution in [0.4, 0.5) is 0 Å². The minimum Gasteiger partial charge on any atom is -0.504 e. The van der Waals surface area contributed by atoms with E-state index < -0.39 is 0 Å². The van der Waals surface area contributed by atoms with Gasteiger partial charge in [0.1, 0.15) is 0 Å². The summed E-state index contributed by atoms with van der Waals surface area (Å²) in [5.74, 6) is -0.360. The zero-order valence-corrected chi connectivity index (χ0v) is 19.4. The van der Waals surface area contributed by atoms with Gasteiger partial charge in [0.05, 0.1) is 0 Å². The van der Waals surface area contributed by atoms with Crippen molar-refractivity contribution in [3.05, 3.63) is 69.6 Å². The molecule has 0 aromatic heterocycles. The van der Waals surface area contributed by atoms with Crippen molar-refractivity contribution in [3.8, 4) is 23.0 Å². The molecule has 27 heavy (non-hydrogen) atoms. The molecule has 4 rings (SSSR count). The van der Waals surface area contributed by atoms with Crippen molar-refractivity contribution < 1.29 is 46.6 Å². The van der Waals surface area contributed by atoms with Crippen LogP contribution in [0.15, 0.2) is 69.6 Å². The van der Waals surface area contributed by atoms with Gasteiger partial charge in [-0.2, -0.15) is 0 Å². The molecule has 0 saturated heterocycles. The van der Waals surface area contributed by atoms with Crippen molar-refractivity contribution in [2.24, 2.45) is 0 Å². The number of rotatable bonds is 0. The van der Waals surface area contributed by atoms with E-state index in [1.54, 1.807) is 0 Å². The summed E-state index contributed by atoms with van der Waals surface area (Å²) in [6, 6.07) is 17.4. The summed E-state index contributed by atoms with van der Waals surface area (Å²) in [6.45, 7) is 0. The van der Waals surface area contributed by atoms with Crippen LogP contribution in [0, 0.1) is 0 Å². The van der Waals surface area contributed by atoms with Crippen LogP contribution in [-0.2, 0) is 26.2 Å². The molecule has 4 nitrogen and oxygen atoms in total. The second kappa shape index (κ2) is 9.09. The van der Waals surface area contributed by atoms with Crippen molar-refractivity contribution in [1.82, 2.24) is 0 Å². The van der Waals surface area contributed by atoms with E-state index in [4.69, 9.17) is 0 Å². The number of fused-ring (bicyclic) bond motifs is 2. The third-order valence-corrected chi connectivity index (χ3v) is 4.78. The molecule has 0 aliphatic carbocycles. The number of hydrogen-bond acceptors (Lipinski definition) is 4. The summed E-state index contributed by atoms with van der Waals surface area (Å²) in [7, 11) is 0. The van der Waals surface area contributed by atoms with Gasteiger partial charge >= 0.3 is 0 Å². The molecular weight excluding hydrogens is 555 g/mol. The summed E-state index contributed by atoms with van der Waals surface area (Å²) >= 11 is 6.66. The fourth-order valence-corrected chi connectivity index (χ4v) is 3.25. The van der Waals surface area contributed by atoms with Gasteiger partial charge in [-0.1, -0.05) is 44.0 Å². The van der Waals surface area contributed by atoms with Crippen molar-refractivity contribution >= 4 is 53.4 Å². The average Bonchev–Trinajstić information content (AvgIpc) is 2.58. The van der Waals surface area contributed by atoms with Crippen LogP contribution in [0.3, 0.4) is 0 Å². The first kappa shape index (κ1) is 21.7. The molecule has 0 heterocycles. The molecule has 136 valence electrons. The normalized spacial score (nSPS) is 10.1. The maximum absolute atomic E-state index is 9.24. The number of aromatic hydroxyl groups is 4. The Balaban J connectivity index is 0.000000187. The first-order chi connectivity index (χ1) is 12.3. The Labute approximate surface area is 191 Å². The molecule has 0 spiro atoms. The zero-order valence-electron chi connectivity index (χ0n) is 13.8. The molecule has 4 aromatic carbocycles. The third-order valence-electron chi connectivity index (χ3n) is 3.79. The largest absolute Gasteiger partial charge is 0.504 e. The Morgan fingerprint density at radius 1 is 0.444 bits per heavy atom. The molecule has 0 saturated carbocycles. The minimum atomic E-state index is -0.0920. The van der Waals surface area contributed by atoms with E-state index in [2.05, 4.69) is 31.9 Å². The Kier molecular flexibility index (Phi) is 7.32. The maximum atomic E-state index is 9.24. The topological polar surface area (TPSA) is 80.9 Å². The summed E-state index contributed by atoms with van der Waals surface area (Å²) in [5.41, 5.74) is 0. The van der Waals surface area contributed by atoms with E-state index >= 15 is 0 Å². The summed E-state index contributed by atoms with van der Waals surface area (Å²) < 4.78 is 1.90. The quantitative estimate of drug-likeness (QED) is 0.195. The Bertz CT molecular complexity index is 1030. The molecule has 0 fully saturated rings. The van der Waals surface area contributed by atoms with Gasteiger partial charge in [-0.25, -0.2) is 0 Å². The van der Waals surface area contributed by atoms with Crippen molar-refractivity contribution in [3.63, 3.8) is 0 Å². The monoisotopic (exact) mass is 566 g/mol. The van der Waals surface area contributed by atoms with Gasteiger partial charge in [0.2, 0.25) is 0 Å². The number of benzene rings is 4. The van der Waals surface area contributed by atoms with Crippen LogP contribution in [0.5, 0.6) is 23.0 Å². The van der Waals surface area contributed by atoms with Gasteiger partial charge in [0, 0.05) is 35.1 Å². The van der Waals surface area contributed by atoms with E-state index in [9.17, 15) is 20.4 Å². The van der Waals surface area contributed by atoms with E-state index in [1.807, 2.05) is 36.4 Å². The number of hydrogen-bond donors (Lipinski definition) is 4. The fourth-order valence-electron chi connectivity index (χ4n) is 2.49. The molecular formula is C20H14Br2O4Zr. The average molecular weight is 569 g/mol. The summed E-state index contributed by atoms with van der Waals surface area (Å²) in [5, 5.41) is 40.5. The molecule has 7 heteroatoms. The maximum Gasteiger partial charge on any atom is 0.158 e. The standard InChI is InChI=1S/2C10H7BrO2.Zr/c2*11-8-2-1-6-4-9(12)10(13)5-7(6)3-8;/h2*1-5,12-13H;. The number of phenols is 4. The molecule has 0 aliphatic heterocycles. The Morgan fingerprint density at radius 3 is 1.07 bits per heavy atom. The summed E-state index contributed by atoms with van der Waals surface area (Å²) in [6.07, 6.45) is 0. The van der Waals surface area contributed by atoms with Crippen LogP contribution in [0.25, 0.3) is 21.5 Å². The van der Waals surface area contributed by atoms with Crippen LogP contribution in [0.2, 0.25) is 0 Å². The number of halogens is 2. The first-order valence-corrected chi connectivity index (χ1v) is 9.14. The van der Waals surface area contributed by atoms with E-state index in [1.165, 1.54) is 24.3 Å². The first-order valence-electron chi connectivity index (χ1n) is 7.56. The molecule has 0 amide bonds. The van der Waals surface area contributed by atoms with E-state index in [0.717, 1.165) is 30.5 Å². The molecule has 0 unspecified atom stereocenters. The van der Waals surface area contributed by atoms with Gasteiger partial charge in [-0.05, 0) is 70.1 Å². The van der Waals surface area contributed by atoms with Crippen LogP contribution >= 0.6 is 31.9 Å². The van der Waals surface area contributed by atoms with Gasteiger partial charge < -0.3 is 20.4 Å². The fraction of sp³-hybridized carbons (Fsp3) is 0. The third kappa shape index (κ3) is 5.25. The van der Waals surface area contributed by atoms with Crippen LogP contribution in [0.1, 0.15) is 0 Å². The molecule has 0 bridgehead atoms. The smallest absolute Gasteiger partial charge is 0.158 e. The van der Waals surface area contributed by atoms with Crippen molar-refractivity contribution in [1.29, 1.82) is 0 Å². The van der Waals surface area contributed by atoms with Gasteiger partial charge in [0.15, 0.2) is 23.0 Å². The second-order valence-corrected chi connectivity index (χ2v) is 7.50. The second-order valence-electron chi connectivity index (χ2n) is 5.66. The zero-order chi connectivity index (χ0) is 18.8. The van der Waals surface area contributed by atoms with Crippen molar-refractivity contribution in [2.45, 2.75) is 0 Å². The predicted molar refractivity (Wildman–Crippen MR) is 110 cm³/mol. The molecule has 0 aliphatic rings. The van der Waals surface area contributed by atoms with Gasteiger partial charge in [-0.3, -0.25) is 0 Å². The van der Waals surface area contributed by atoms with Gasteiger partial charge in [0.25, 0.3) is 0 Å². The molecule has 0 radical (unpaired) electrons. The number of phenolic OH excluding ortho intramolecular Hbond substituents is 4. The molecule has 4 N–H and O–H groups in total. The molecule has 0 atom stereocenters. The summed E-state index contributed by atoms with van der Waals surface area (Å²) in [4.78, 5) is 0. The van der Waals surface area contributed by atoms with Gasteiger partial charge in [-0.15, -0.1) is 0 Å².